The highest BCUT2D eigenvalue weighted by Gasteiger charge is 2.59. The number of pyridine rings is 1. The van der Waals surface area contributed by atoms with E-state index >= 15 is 0 Å². The zero-order valence-corrected chi connectivity index (χ0v) is 13.9. The third-order valence-corrected chi connectivity index (χ3v) is 5.15. The number of carbonyl (C=O) groups is 1. The highest BCUT2D eigenvalue weighted by Crippen LogP contribution is 2.47. The van der Waals surface area contributed by atoms with Gasteiger partial charge in [-0.2, -0.15) is 4.73 Å². The third kappa shape index (κ3) is 2.64. The number of amides is 1. The van der Waals surface area contributed by atoms with Crippen LogP contribution in [-0.4, -0.2) is 34.6 Å². The Morgan fingerprint density at radius 1 is 1.46 bits per heavy atom. The van der Waals surface area contributed by atoms with Gasteiger partial charge in [-0.05, 0) is 25.8 Å². The van der Waals surface area contributed by atoms with Gasteiger partial charge in [0.1, 0.15) is 5.02 Å². The molecule has 8 nitrogen and oxygen atoms in total. The van der Waals surface area contributed by atoms with Crippen LogP contribution in [0.25, 0.3) is 0 Å². The molecule has 130 valence electrons. The summed E-state index contributed by atoms with van der Waals surface area (Å²) in [6.45, 7) is 1.99. The molecule has 1 amide bonds. The Bertz CT molecular complexity index is 649. The molecule has 24 heavy (non-hydrogen) atoms. The van der Waals surface area contributed by atoms with Gasteiger partial charge in [-0.25, -0.2) is 4.79 Å². The maximum absolute atomic E-state index is 12.1. The lowest BCUT2D eigenvalue weighted by molar-refractivity contribution is -0.615. The van der Waals surface area contributed by atoms with E-state index in [4.69, 9.17) is 16.3 Å². The van der Waals surface area contributed by atoms with Gasteiger partial charge in [0.15, 0.2) is 12.4 Å². The SMILES string of the molecule is CCOC(=O)N1C2CCC1CC(c1cc(Cl)c[n+]([O-])c1)([N+](=O)[O-])C2. The molecule has 2 fully saturated rings. The van der Waals surface area contributed by atoms with Crippen LogP contribution in [0.5, 0.6) is 0 Å². The van der Waals surface area contributed by atoms with Gasteiger partial charge in [-0.15, -0.1) is 0 Å². The summed E-state index contributed by atoms with van der Waals surface area (Å²) in [5, 5.41) is 23.8. The fourth-order valence-electron chi connectivity index (χ4n) is 3.98. The molecule has 0 aromatic carbocycles. The molecular formula is C15H18ClN3O5. The summed E-state index contributed by atoms with van der Waals surface area (Å²) in [7, 11) is 0. The van der Waals surface area contributed by atoms with E-state index in [2.05, 4.69) is 0 Å². The first-order valence-electron chi connectivity index (χ1n) is 7.87. The van der Waals surface area contributed by atoms with Crippen molar-refractivity contribution in [1.29, 1.82) is 0 Å². The maximum atomic E-state index is 12.1. The molecule has 2 atom stereocenters. The van der Waals surface area contributed by atoms with Gasteiger partial charge in [0.25, 0.3) is 5.54 Å². The zero-order chi connectivity index (χ0) is 17.5. The van der Waals surface area contributed by atoms with Gasteiger partial charge in [0, 0.05) is 29.8 Å². The van der Waals surface area contributed by atoms with E-state index in [1.807, 2.05) is 0 Å². The lowest BCUT2D eigenvalue weighted by atomic mass is 9.78. The number of halogens is 1. The van der Waals surface area contributed by atoms with Crippen LogP contribution in [0.4, 0.5) is 4.79 Å². The van der Waals surface area contributed by atoms with Crippen LogP contribution in [0.2, 0.25) is 5.02 Å². The van der Waals surface area contributed by atoms with Crippen molar-refractivity contribution in [3.63, 3.8) is 0 Å². The summed E-state index contributed by atoms with van der Waals surface area (Å²) in [6, 6.07) is 0.928. The van der Waals surface area contributed by atoms with Crippen molar-refractivity contribution in [2.45, 2.75) is 50.2 Å². The fraction of sp³-hybridized carbons (Fsp3) is 0.600. The standard InChI is InChI=1S/C15H18ClN3O5/c1-2-24-14(20)18-12-3-4-13(18)7-15(6-12,19(22)23)10-5-11(16)9-17(21)8-10/h5,8-9,12-13H,2-4,6-7H2,1H3. The van der Waals surface area contributed by atoms with Gasteiger partial charge >= 0.3 is 6.09 Å². The molecule has 2 bridgehead atoms. The molecule has 2 aliphatic heterocycles. The van der Waals surface area contributed by atoms with E-state index < -0.39 is 11.6 Å². The fourth-order valence-corrected chi connectivity index (χ4v) is 4.20. The average molecular weight is 356 g/mol. The van der Waals surface area contributed by atoms with Crippen LogP contribution in [0, 0.1) is 15.3 Å². The second-order valence-corrected chi connectivity index (χ2v) is 6.73. The molecule has 2 aliphatic rings. The number of ether oxygens (including phenoxy) is 1. The van der Waals surface area contributed by atoms with Crippen LogP contribution >= 0.6 is 11.6 Å². The van der Waals surface area contributed by atoms with Crippen molar-refractivity contribution < 1.29 is 19.2 Å². The predicted octanol–water partition coefficient (Wildman–Crippen LogP) is 2.23. The van der Waals surface area contributed by atoms with Crippen molar-refractivity contribution in [2.75, 3.05) is 6.61 Å². The first kappa shape index (κ1) is 16.8. The molecule has 0 aliphatic carbocycles. The third-order valence-electron chi connectivity index (χ3n) is 4.94. The first-order valence-corrected chi connectivity index (χ1v) is 8.24. The smallest absolute Gasteiger partial charge is 0.410 e. The lowest BCUT2D eigenvalue weighted by Crippen LogP contribution is -2.55. The summed E-state index contributed by atoms with van der Waals surface area (Å²) in [4.78, 5) is 25.4. The van der Waals surface area contributed by atoms with Crippen LogP contribution in [0.15, 0.2) is 18.5 Å². The van der Waals surface area contributed by atoms with Crippen LogP contribution < -0.4 is 4.73 Å². The largest absolute Gasteiger partial charge is 0.619 e. The molecule has 9 heteroatoms. The van der Waals surface area contributed by atoms with Crippen LogP contribution in [0.3, 0.4) is 0 Å². The molecule has 2 saturated heterocycles. The topological polar surface area (TPSA) is 99.6 Å². The number of nitrogens with zero attached hydrogens (tertiary/aromatic N) is 3. The molecule has 3 heterocycles. The second kappa shape index (κ2) is 6.08. The number of fused-ring (bicyclic) bond motifs is 2. The van der Waals surface area contributed by atoms with Crippen molar-refractivity contribution in [3.8, 4) is 0 Å². The molecule has 0 saturated carbocycles. The Kier molecular flexibility index (Phi) is 4.25. The number of nitro groups is 1. The van der Waals surface area contributed by atoms with Gasteiger partial charge in [0.2, 0.25) is 0 Å². The first-order chi connectivity index (χ1) is 11.4. The van der Waals surface area contributed by atoms with E-state index in [-0.39, 0.29) is 47.0 Å². The molecule has 0 N–H and O–H groups in total. The molecular weight excluding hydrogens is 338 g/mol. The molecule has 1 aromatic rings. The summed E-state index contributed by atoms with van der Waals surface area (Å²) in [5.74, 6) is 0. The normalized spacial score (nSPS) is 28.7. The number of hydrogen-bond donors (Lipinski definition) is 0. The minimum Gasteiger partial charge on any atom is -0.619 e. The predicted molar refractivity (Wildman–Crippen MR) is 84.0 cm³/mol. The summed E-state index contributed by atoms with van der Waals surface area (Å²) < 4.78 is 5.57. The van der Waals surface area contributed by atoms with Gasteiger partial charge < -0.3 is 14.8 Å². The summed E-state index contributed by atoms with van der Waals surface area (Å²) in [5.41, 5.74) is -1.12. The highest BCUT2D eigenvalue weighted by molar-refractivity contribution is 6.30. The number of piperidine rings is 1. The molecule has 1 aromatic heterocycles. The molecule has 2 unspecified atom stereocenters. The second-order valence-electron chi connectivity index (χ2n) is 6.29. The van der Waals surface area contributed by atoms with Crippen molar-refractivity contribution >= 4 is 17.7 Å². The molecule has 0 radical (unpaired) electrons. The summed E-state index contributed by atoms with van der Waals surface area (Å²) >= 11 is 5.92. The Balaban J connectivity index is 1.98. The van der Waals surface area contributed by atoms with E-state index in [1.165, 1.54) is 12.3 Å². The van der Waals surface area contributed by atoms with Gasteiger partial charge in [-0.1, -0.05) is 11.6 Å². The summed E-state index contributed by atoms with van der Waals surface area (Å²) in [6.07, 6.45) is 3.61. The van der Waals surface area contributed by atoms with Crippen molar-refractivity contribution in [3.05, 3.63) is 44.4 Å². The highest BCUT2D eigenvalue weighted by atomic mass is 35.5. The Hall–Kier alpha value is -2.09. The minimum atomic E-state index is -1.41. The zero-order valence-electron chi connectivity index (χ0n) is 13.2. The maximum Gasteiger partial charge on any atom is 0.410 e. The average Bonchev–Trinajstić information content (AvgIpc) is 2.77. The van der Waals surface area contributed by atoms with Crippen LogP contribution in [0.1, 0.15) is 38.2 Å². The van der Waals surface area contributed by atoms with Crippen molar-refractivity contribution in [1.82, 2.24) is 4.90 Å². The van der Waals surface area contributed by atoms with E-state index in [0.29, 0.717) is 17.6 Å². The Labute approximate surface area is 143 Å². The van der Waals surface area contributed by atoms with E-state index in [1.54, 1.807) is 11.8 Å². The van der Waals surface area contributed by atoms with Gasteiger partial charge in [-0.3, -0.25) is 10.1 Å². The molecule has 3 rings (SSSR count). The van der Waals surface area contributed by atoms with Crippen molar-refractivity contribution in [2.24, 2.45) is 0 Å². The minimum absolute atomic E-state index is 0.148. The van der Waals surface area contributed by atoms with Gasteiger partial charge in [0.05, 0.1) is 12.2 Å². The lowest BCUT2D eigenvalue weighted by Gasteiger charge is -2.40. The number of aromatic nitrogens is 1. The number of rotatable bonds is 3. The Morgan fingerprint density at radius 3 is 2.58 bits per heavy atom. The van der Waals surface area contributed by atoms with E-state index in [9.17, 15) is 20.1 Å². The number of hydrogen-bond acceptors (Lipinski definition) is 5. The quantitative estimate of drug-likeness (QED) is 0.358. The monoisotopic (exact) mass is 355 g/mol. The van der Waals surface area contributed by atoms with Crippen LogP contribution in [-0.2, 0) is 10.3 Å². The number of carbonyl (C=O) groups excluding carboxylic acids is 1. The Morgan fingerprint density at radius 2 is 2.08 bits per heavy atom. The molecule has 0 spiro atoms. The van der Waals surface area contributed by atoms with E-state index in [0.717, 1.165) is 6.20 Å².